The van der Waals surface area contributed by atoms with E-state index in [1.54, 1.807) is 18.2 Å². The summed E-state index contributed by atoms with van der Waals surface area (Å²) < 4.78 is 47.1. The summed E-state index contributed by atoms with van der Waals surface area (Å²) in [6.07, 6.45) is -0.160. The predicted octanol–water partition coefficient (Wildman–Crippen LogP) is 4.26. The largest absolute Gasteiger partial charge is 0.481 e. The van der Waals surface area contributed by atoms with Crippen LogP contribution in [0.1, 0.15) is 29.2 Å². The molecule has 0 radical (unpaired) electrons. The number of halogens is 4. The van der Waals surface area contributed by atoms with Crippen molar-refractivity contribution in [3.05, 3.63) is 57.9 Å². The maximum absolute atomic E-state index is 14.4. The third kappa shape index (κ3) is 3.81. The van der Waals surface area contributed by atoms with Gasteiger partial charge in [-0.05, 0) is 35.7 Å². The van der Waals surface area contributed by atoms with E-state index in [1.807, 2.05) is 0 Å². The molecule has 0 spiro atoms. The molecule has 5 nitrogen and oxygen atoms in total. The molecule has 2 atom stereocenters. The SMILES string of the molecule is O=C(Nc1c(F)ccc2c1C[C@H](O)C2)N[C@@H]1CC(CF)(CF)Oc2cc(Cl)ccc21. The van der Waals surface area contributed by atoms with Gasteiger partial charge >= 0.3 is 6.03 Å². The summed E-state index contributed by atoms with van der Waals surface area (Å²) in [5.41, 5.74) is 0.0742. The van der Waals surface area contributed by atoms with Gasteiger partial charge in [-0.1, -0.05) is 23.7 Å². The molecule has 0 fully saturated rings. The second-order valence-electron chi connectivity index (χ2n) is 7.71. The smallest absolute Gasteiger partial charge is 0.319 e. The maximum atomic E-state index is 14.4. The lowest BCUT2D eigenvalue weighted by molar-refractivity contribution is -0.0104. The Morgan fingerprint density at radius 3 is 2.73 bits per heavy atom. The van der Waals surface area contributed by atoms with Crippen LogP contribution in [0.2, 0.25) is 5.02 Å². The summed E-state index contributed by atoms with van der Waals surface area (Å²) in [7, 11) is 0. The number of hydrogen-bond acceptors (Lipinski definition) is 3. The topological polar surface area (TPSA) is 70.6 Å². The molecule has 1 aliphatic carbocycles. The van der Waals surface area contributed by atoms with E-state index in [4.69, 9.17) is 16.3 Å². The van der Waals surface area contributed by atoms with Crippen molar-refractivity contribution in [3.63, 3.8) is 0 Å². The lowest BCUT2D eigenvalue weighted by atomic mass is 9.88. The Morgan fingerprint density at radius 2 is 2.00 bits per heavy atom. The highest BCUT2D eigenvalue weighted by Crippen LogP contribution is 2.41. The number of ether oxygens (including phenoxy) is 1. The average Bonchev–Trinajstić information content (AvgIpc) is 3.10. The van der Waals surface area contributed by atoms with Crippen molar-refractivity contribution < 1.29 is 27.8 Å². The molecular weight excluding hydrogens is 421 g/mol. The van der Waals surface area contributed by atoms with Gasteiger partial charge in [0.2, 0.25) is 0 Å². The molecular formula is C21H20ClF3N2O3. The number of anilines is 1. The van der Waals surface area contributed by atoms with Crippen molar-refractivity contribution >= 4 is 23.3 Å². The zero-order valence-electron chi connectivity index (χ0n) is 15.9. The summed E-state index contributed by atoms with van der Waals surface area (Å²) in [6.45, 7) is -2.18. The highest BCUT2D eigenvalue weighted by Gasteiger charge is 2.42. The molecule has 0 saturated heterocycles. The normalized spacial score (nSPS) is 21.4. The van der Waals surface area contributed by atoms with Gasteiger partial charge < -0.3 is 20.5 Å². The van der Waals surface area contributed by atoms with E-state index >= 15 is 0 Å². The summed E-state index contributed by atoms with van der Waals surface area (Å²) in [5.74, 6) is -0.441. The van der Waals surface area contributed by atoms with Crippen LogP contribution in [0, 0.1) is 5.82 Å². The Morgan fingerprint density at radius 1 is 1.23 bits per heavy atom. The number of carbonyl (C=O) groups is 1. The van der Waals surface area contributed by atoms with Crippen molar-refractivity contribution in [2.45, 2.75) is 37.0 Å². The number of alkyl halides is 2. The van der Waals surface area contributed by atoms with Crippen LogP contribution in [0.25, 0.3) is 0 Å². The number of aliphatic hydroxyl groups is 1. The lowest BCUT2D eigenvalue weighted by Crippen LogP contribution is -2.49. The summed E-state index contributed by atoms with van der Waals surface area (Å²) in [5, 5.41) is 15.3. The second-order valence-corrected chi connectivity index (χ2v) is 8.15. The van der Waals surface area contributed by atoms with Crippen LogP contribution >= 0.6 is 11.6 Å². The second kappa shape index (κ2) is 8.00. The van der Waals surface area contributed by atoms with Gasteiger partial charge in [-0.3, -0.25) is 0 Å². The van der Waals surface area contributed by atoms with E-state index in [9.17, 15) is 23.1 Å². The fourth-order valence-electron chi connectivity index (χ4n) is 4.06. The zero-order valence-corrected chi connectivity index (χ0v) is 16.6. The average molecular weight is 441 g/mol. The van der Waals surface area contributed by atoms with Crippen molar-refractivity contribution in [1.82, 2.24) is 5.32 Å². The standard InChI is InChI=1S/C21H20ClF3N2O3/c22-12-2-3-14-17(8-21(9-23,10-24)30-18(14)6-12)26-20(29)27-19-15-7-13(28)5-11(15)1-4-16(19)25/h1-4,6,13,17,28H,5,7-10H2,(H2,26,27,29)/t13-,17-/m1/s1. The molecule has 2 amide bonds. The molecule has 4 rings (SSSR count). The van der Waals surface area contributed by atoms with Gasteiger partial charge in [0.25, 0.3) is 0 Å². The van der Waals surface area contributed by atoms with E-state index in [2.05, 4.69) is 10.6 Å². The number of urea groups is 1. The first-order valence-corrected chi connectivity index (χ1v) is 9.88. The summed E-state index contributed by atoms with van der Waals surface area (Å²) in [6, 6.07) is 5.94. The van der Waals surface area contributed by atoms with Gasteiger partial charge in [0.1, 0.15) is 24.9 Å². The zero-order chi connectivity index (χ0) is 21.5. The quantitative estimate of drug-likeness (QED) is 0.665. The van der Waals surface area contributed by atoms with Gasteiger partial charge in [0.05, 0.1) is 17.8 Å². The highest BCUT2D eigenvalue weighted by atomic mass is 35.5. The molecule has 1 heterocycles. The Hall–Kier alpha value is -2.45. The van der Waals surface area contributed by atoms with Crippen LogP contribution in [0.5, 0.6) is 5.75 Å². The van der Waals surface area contributed by atoms with Crippen molar-refractivity contribution in [2.24, 2.45) is 0 Å². The third-order valence-electron chi connectivity index (χ3n) is 5.54. The van der Waals surface area contributed by atoms with Crippen LogP contribution in [0.4, 0.5) is 23.7 Å². The van der Waals surface area contributed by atoms with Crippen molar-refractivity contribution in [2.75, 3.05) is 18.7 Å². The number of fused-ring (bicyclic) bond motifs is 2. The Balaban J connectivity index is 1.59. The fraction of sp³-hybridized carbons (Fsp3) is 0.381. The van der Waals surface area contributed by atoms with Gasteiger partial charge in [0.15, 0.2) is 5.60 Å². The van der Waals surface area contributed by atoms with Crippen LogP contribution < -0.4 is 15.4 Å². The van der Waals surface area contributed by atoms with Crippen LogP contribution in [-0.2, 0) is 12.8 Å². The molecule has 0 unspecified atom stereocenters. The highest BCUT2D eigenvalue weighted by molar-refractivity contribution is 6.30. The van der Waals surface area contributed by atoms with Gasteiger partial charge in [-0.15, -0.1) is 0 Å². The molecule has 2 aliphatic rings. The number of carbonyl (C=O) groups excluding carboxylic acids is 1. The molecule has 3 N–H and O–H groups in total. The monoisotopic (exact) mass is 440 g/mol. The maximum Gasteiger partial charge on any atom is 0.319 e. The van der Waals surface area contributed by atoms with E-state index in [0.29, 0.717) is 22.6 Å². The molecule has 30 heavy (non-hydrogen) atoms. The fourth-order valence-corrected chi connectivity index (χ4v) is 4.22. The lowest BCUT2D eigenvalue weighted by Gasteiger charge is -2.39. The van der Waals surface area contributed by atoms with Crippen LogP contribution in [0.3, 0.4) is 0 Å². The van der Waals surface area contributed by atoms with Crippen LogP contribution in [0.15, 0.2) is 30.3 Å². The molecule has 0 bridgehead atoms. The first kappa shape index (κ1) is 20.8. The van der Waals surface area contributed by atoms with Gasteiger partial charge in [0, 0.05) is 23.4 Å². The minimum atomic E-state index is -1.74. The first-order valence-electron chi connectivity index (χ1n) is 9.50. The van der Waals surface area contributed by atoms with E-state index in [0.717, 1.165) is 5.56 Å². The molecule has 0 aromatic heterocycles. The minimum absolute atomic E-state index is 0.00724. The van der Waals surface area contributed by atoms with E-state index < -0.39 is 42.9 Å². The molecule has 1 aliphatic heterocycles. The van der Waals surface area contributed by atoms with E-state index in [1.165, 1.54) is 12.1 Å². The van der Waals surface area contributed by atoms with Crippen molar-refractivity contribution in [3.8, 4) is 5.75 Å². The number of hydrogen-bond donors (Lipinski definition) is 3. The molecule has 0 saturated carbocycles. The molecule has 160 valence electrons. The Labute approximate surface area is 176 Å². The first-order chi connectivity index (χ1) is 14.3. The van der Waals surface area contributed by atoms with Crippen LogP contribution in [-0.4, -0.2) is 36.2 Å². The van der Waals surface area contributed by atoms with Gasteiger partial charge in [-0.25, -0.2) is 18.0 Å². The molecule has 2 aromatic carbocycles. The van der Waals surface area contributed by atoms with E-state index in [-0.39, 0.29) is 24.3 Å². The summed E-state index contributed by atoms with van der Waals surface area (Å²) >= 11 is 5.97. The third-order valence-corrected chi connectivity index (χ3v) is 5.77. The number of benzene rings is 2. The predicted molar refractivity (Wildman–Crippen MR) is 106 cm³/mol. The number of amides is 2. The molecule has 9 heteroatoms. The summed E-state index contributed by atoms with van der Waals surface area (Å²) in [4.78, 5) is 12.7. The Bertz CT molecular complexity index is 984. The van der Waals surface area contributed by atoms with Gasteiger partial charge in [-0.2, -0.15) is 0 Å². The number of rotatable bonds is 4. The van der Waals surface area contributed by atoms with Crippen molar-refractivity contribution in [1.29, 1.82) is 0 Å². The number of nitrogens with one attached hydrogen (secondary N) is 2. The number of aliphatic hydroxyl groups excluding tert-OH is 1. The molecule has 2 aromatic rings. The minimum Gasteiger partial charge on any atom is -0.481 e. The Kier molecular flexibility index (Phi) is 5.55.